The predicted molar refractivity (Wildman–Crippen MR) is 102 cm³/mol. The Bertz CT molecular complexity index is 602. The molecular formula is C18H26N2O4S. The van der Waals surface area contributed by atoms with Gasteiger partial charge in [-0.15, -0.1) is 0 Å². The average molecular weight is 366 g/mol. The van der Waals surface area contributed by atoms with E-state index < -0.39 is 11.9 Å². The summed E-state index contributed by atoms with van der Waals surface area (Å²) in [7, 11) is 0. The summed E-state index contributed by atoms with van der Waals surface area (Å²) in [4.78, 5) is 24.4. The molecule has 0 aromatic heterocycles. The smallest absolute Gasteiger partial charge is 0.338 e. The standard InChI is InChI=1S/C18H26N2O4S/c1-10(2)19-18(25)20-15-8-13(16(21)23-11(3)4)7-14(9-15)17(22)24-12(5)6/h7-12H,1-6H3,(H2,19,20,25). The summed E-state index contributed by atoms with van der Waals surface area (Å²) in [6.45, 7) is 10.9. The Morgan fingerprint density at radius 2 is 1.32 bits per heavy atom. The van der Waals surface area contributed by atoms with Crippen molar-refractivity contribution in [3.8, 4) is 0 Å². The number of carbonyl (C=O) groups excluding carboxylic acids is 2. The molecule has 0 heterocycles. The Kier molecular flexibility index (Phi) is 7.83. The van der Waals surface area contributed by atoms with E-state index in [4.69, 9.17) is 21.7 Å². The highest BCUT2D eigenvalue weighted by Crippen LogP contribution is 2.18. The monoisotopic (exact) mass is 366 g/mol. The number of nitrogens with one attached hydrogen (secondary N) is 2. The van der Waals surface area contributed by atoms with E-state index in [2.05, 4.69) is 10.6 Å². The number of thiocarbonyl (C=S) groups is 1. The third kappa shape index (κ3) is 7.51. The second-order valence-electron chi connectivity index (χ2n) is 6.46. The number of rotatable bonds is 6. The Hall–Kier alpha value is -2.15. The molecule has 6 nitrogen and oxygen atoms in total. The van der Waals surface area contributed by atoms with Gasteiger partial charge in [-0.3, -0.25) is 0 Å². The van der Waals surface area contributed by atoms with Gasteiger partial charge in [-0.1, -0.05) is 0 Å². The van der Waals surface area contributed by atoms with Gasteiger partial charge in [0.1, 0.15) is 0 Å². The van der Waals surface area contributed by atoms with Gasteiger partial charge in [0, 0.05) is 11.7 Å². The maximum absolute atomic E-state index is 12.2. The molecule has 0 amide bonds. The molecule has 1 rings (SSSR count). The number of hydrogen-bond donors (Lipinski definition) is 2. The van der Waals surface area contributed by atoms with Gasteiger partial charge in [-0.25, -0.2) is 9.59 Å². The lowest BCUT2D eigenvalue weighted by molar-refractivity contribution is 0.0377. The molecule has 0 unspecified atom stereocenters. The minimum absolute atomic E-state index is 0.152. The second-order valence-corrected chi connectivity index (χ2v) is 6.87. The fourth-order valence-electron chi connectivity index (χ4n) is 1.93. The molecule has 0 spiro atoms. The zero-order chi connectivity index (χ0) is 19.1. The van der Waals surface area contributed by atoms with Crippen molar-refractivity contribution in [3.63, 3.8) is 0 Å². The molecule has 0 aliphatic heterocycles. The summed E-state index contributed by atoms with van der Waals surface area (Å²) in [5.74, 6) is -1.03. The van der Waals surface area contributed by atoms with Gasteiger partial charge in [0.25, 0.3) is 0 Å². The molecule has 1 aromatic rings. The van der Waals surface area contributed by atoms with Crippen LogP contribution < -0.4 is 10.6 Å². The molecule has 7 heteroatoms. The highest BCUT2D eigenvalue weighted by molar-refractivity contribution is 7.80. The fraction of sp³-hybridized carbons (Fsp3) is 0.500. The van der Waals surface area contributed by atoms with Gasteiger partial charge in [-0.05, 0) is 72.0 Å². The van der Waals surface area contributed by atoms with Crippen molar-refractivity contribution in [2.75, 3.05) is 5.32 Å². The number of hydrogen-bond acceptors (Lipinski definition) is 5. The Labute approximate surface area is 154 Å². The lowest BCUT2D eigenvalue weighted by Crippen LogP contribution is -2.34. The Morgan fingerprint density at radius 1 is 0.880 bits per heavy atom. The van der Waals surface area contributed by atoms with Crippen molar-refractivity contribution >= 4 is 35.0 Å². The number of esters is 2. The van der Waals surface area contributed by atoms with E-state index in [0.29, 0.717) is 10.8 Å². The van der Waals surface area contributed by atoms with Crippen molar-refractivity contribution in [1.29, 1.82) is 0 Å². The lowest BCUT2D eigenvalue weighted by Gasteiger charge is -2.16. The summed E-state index contributed by atoms with van der Waals surface area (Å²) < 4.78 is 10.4. The van der Waals surface area contributed by atoms with Crippen LogP contribution in [0, 0.1) is 0 Å². The van der Waals surface area contributed by atoms with Crippen molar-refractivity contribution in [2.24, 2.45) is 0 Å². The number of ether oxygens (including phenoxy) is 2. The topological polar surface area (TPSA) is 76.7 Å². The van der Waals surface area contributed by atoms with Gasteiger partial charge in [0.2, 0.25) is 0 Å². The first-order valence-corrected chi connectivity index (χ1v) is 8.64. The summed E-state index contributed by atoms with van der Waals surface area (Å²) in [5, 5.41) is 6.41. The highest BCUT2D eigenvalue weighted by atomic mass is 32.1. The normalized spacial score (nSPS) is 10.8. The summed E-state index contributed by atoms with van der Waals surface area (Å²) >= 11 is 5.22. The molecule has 0 atom stereocenters. The lowest BCUT2D eigenvalue weighted by atomic mass is 10.1. The summed E-state index contributed by atoms with van der Waals surface area (Å²) in [6, 6.07) is 4.79. The van der Waals surface area contributed by atoms with Crippen molar-refractivity contribution in [2.45, 2.75) is 59.8 Å². The maximum Gasteiger partial charge on any atom is 0.338 e. The van der Waals surface area contributed by atoms with Crippen LogP contribution in [0.15, 0.2) is 18.2 Å². The molecule has 0 fully saturated rings. The first-order chi connectivity index (χ1) is 11.6. The molecule has 0 aliphatic carbocycles. The Balaban J connectivity index is 3.15. The molecular weight excluding hydrogens is 340 g/mol. The largest absolute Gasteiger partial charge is 0.459 e. The van der Waals surface area contributed by atoms with Crippen LogP contribution in [0.25, 0.3) is 0 Å². The second kappa shape index (κ2) is 9.36. The third-order valence-electron chi connectivity index (χ3n) is 2.77. The van der Waals surface area contributed by atoms with Gasteiger partial charge in [-0.2, -0.15) is 0 Å². The predicted octanol–water partition coefficient (Wildman–Crippen LogP) is 3.51. The molecule has 25 heavy (non-hydrogen) atoms. The van der Waals surface area contributed by atoms with Crippen LogP contribution in [0.2, 0.25) is 0 Å². The third-order valence-corrected chi connectivity index (χ3v) is 2.99. The number of anilines is 1. The van der Waals surface area contributed by atoms with E-state index in [1.807, 2.05) is 13.8 Å². The fourth-order valence-corrected chi connectivity index (χ4v) is 2.28. The minimum Gasteiger partial charge on any atom is -0.459 e. The molecule has 0 saturated heterocycles. The van der Waals surface area contributed by atoms with Crippen molar-refractivity contribution < 1.29 is 19.1 Å². The minimum atomic E-state index is -0.514. The van der Waals surface area contributed by atoms with Crippen LogP contribution in [0.3, 0.4) is 0 Å². The van der Waals surface area contributed by atoms with Crippen LogP contribution in [-0.4, -0.2) is 35.3 Å². The first-order valence-electron chi connectivity index (χ1n) is 8.23. The molecule has 0 saturated carbocycles. The average Bonchev–Trinajstić information content (AvgIpc) is 2.44. The van der Waals surface area contributed by atoms with E-state index in [-0.39, 0.29) is 29.4 Å². The van der Waals surface area contributed by atoms with Crippen molar-refractivity contribution in [1.82, 2.24) is 5.32 Å². The van der Waals surface area contributed by atoms with E-state index in [9.17, 15) is 9.59 Å². The summed E-state index contributed by atoms with van der Waals surface area (Å²) in [5.41, 5.74) is 1.01. The van der Waals surface area contributed by atoms with Crippen LogP contribution in [0.5, 0.6) is 0 Å². The van der Waals surface area contributed by atoms with E-state index in [1.54, 1.807) is 39.8 Å². The van der Waals surface area contributed by atoms with Crippen LogP contribution in [0.1, 0.15) is 62.3 Å². The van der Waals surface area contributed by atoms with Gasteiger partial charge < -0.3 is 20.1 Å². The van der Waals surface area contributed by atoms with E-state index >= 15 is 0 Å². The highest BCUT2D eigenvalue weighted by Gasteiger charge is 2.17. The van der Waals surface area contributed by atoms with E-state index in [0.717, 1.165) is 0 Å². The Morgan fingerprint density at radius 3 is 1.68 bits per heavy atom. The van der Waals surface area contributed by atoms with E-state index in [1.165, 1.54) is 6.07 Å². The van der Waals surface area contributed by atoms with Crippen LogP contribution in [0.4, 0.5) is 5.69 Å². The van der Waals surface area contributed by atoms with Gasteiger partial charge in [0.15, 0.2) is 5.11 Å². The molecule has 1 aromatic carbocycles. The SMILES string of the molecule is CC(C)NC(=S)Nc1cc(C(=O)OC(C)C)cc(C(=O)OC(C)C)c1. The zero-order valence-electron chi connectivity index (χ0n) is 15.5. The van der Waals surface area contributed by atoms with Crippen LogP contribution in [-0.2, 0) is 9.47 Å². The molecule has 0 bridgehead atoms. The molecule has 0 aliphatic rings. The maximum atomic E-state index is 12.2. The van der Waals surface area contributed by atoms with Crippen molar-refractivity contribution in [3.05, 3.63) is 29.3 Å². The van der Waals surface area contributed by atoms with Gasteiger partial charge in [0.05, 0.1) is 23.3 Å². The molecule has 0 radical (unpaired) electrons. The number of carbonyl (C=O) groups is 2. The first kappa shape index (κ1) is 20.9. The van der Waals surface area contributed by atoms with Gasteiger partial charge >= 0.3 is 11.9 Å². The summed E-state index contributed by atoms with van der Waals surface area (Å²) in [6.07, 6.45) is -0.530. The molecule has 138 valence electrons. The zero-order valence-corrected chi connectivity index (χ0v) is 16.3. The molecule has 2 N–H and O–H groups in total. The van der Waals surface area contributed by atoms with Crippen LogP contribution >= 0.6 is 12.2 Å². The quantitative estimate of drug-likeness (QED) is 0.589. The number of benzene rings is 1.